The first-order valence-corrected chi connectivity index (χ1v) is 10.4. The zero-order valence-corrected chi connectivity index (χ0v) is 18.6. The van der Waals surface area contributed by atoms with Gasteiger partial charge in [-0.25, -0.2) is 9.59 Å². The second-order valence-electron chi connectivity index (χ2n) is 7.80. The number of carboxylic acid groups (broad SMARTS) is 2. The first-order valence-electron chi connectivity index (χ1n) is 10.4. The Morgan fingerprint density at radius 2 is 1.55 bits per heavy atom. The van der Waals surface area contributed by atoms with Gasteiger partial charge in [0, 0.05) is 12.0 Å². The lowest BCUT2D eigenvalue weighted by molar-refractivity contribution is -0.159. The van der Waals surface area contributed by atoms with E-state index in [1.807, 2.05) is 30.3 Å². The number of ether oxygens (including phenoxy) is 1. The molecule has 3 aromatic rings. The van der Waals surface area contributed by atoms with E-state index in [0.29, 0.717) is 13.1 Å². The first-order chi connectivity index (χ1) is 15.7. The van der Waals surface area contributed by atoms with Crippen LogP contribution >= 0.6 is 0 Å². The molecule has 0 spiro atoms. The summed E-state index contributed by atoms with van der Waals surface area (Å²) >= 11 is 0. The SMILES string of the molecule is CC(C)(c1ccccc1)c1ccc(OCC(O)CNCc2ccco2)cc1.O=C(O)C(=O)O. The minimum absolute atomic E-state index is 0.0743. The van der Waals surface area contributed by atoms with E-state index in [4.69, 9.17) is 29.0 Å². The van der Waals surface area contributed by atoms with Gasteiger partial charge in [0.2, 0.25) is 0 Å². The van der Waals surface area contributed by atoms with E-state index >= 15 is 0 Å². The summed E-state index contributed by atoms with van der Waals surface area (Å²) in [6, 6.07) is 22.3. The van der Waals surface area contributed by atoms with E-state index in [2.05, 4.69) is 55.6 Å². The number of furan rings is 1. The minimum Gasteiger partial charge on any atom is -0.491 e. The fourth-order valence-corrected chi connectivity index (χ4v) is 3.02. The van der Waals surface area contributed by atoms with Crippen LogP contribution in [-0.2, 0) is 21.5 Å². The third kappa shape index (κ3) is 8.44. The van der Waals surface area contributed by atoms with Gasteiger partial charge in [0.15, 0.2) is 0 Å². The van der Waals surface area contributed by atoms with Crippen LogP contribution in [0.1, 0.15) is 30.7 Å². The Kier molecular flexibility index (Phi) is 9.65. The van der Waals surface area contributed by atoms with Gasteiger partial charge < -0.3 is 29.8 Å². The molecule has 2 aromatic carbocycles. The van der Waals surface area contributed by atoms with Gasteiger partial charge in [-0.2, -0.15) is 0 Å². The highest BCUT2D eigenvalue weighted by Gasteiger charge is 2.22. The molecular weight excluding hydrogens is 426 g/mol. The maximum absolute atomic E-state index is 10.1. The van der Waals surface area contributed by atoms with Crippen molar-refractivity contribution in [3.63, 3.8) is 0 Å². The average molecular weight is 456 g/mol. The smallest absolute Gasteiger partial charge is 0.414 e. The number of carboxylic acids is 2. The number of hydrogen-bond acceptors (Lipinski definition) is 6. The zero-order chi connectivity index (χ0) is 24.3. The molecule has 1 unspecified atom stereocenters. The zero-order valence-electron chi connectivity index (χ0n) is 18.6. The van der Waals surface area contributed by atoms with E-state index in [9.17, 15) is 5.11 Å². The molecule has 0 amide bonds. The molecule has 176 valence electrons. The summed E-state index contributed by atoms with van der Waals surface area (Å²) in [5.41, 5.74) is 2.42. The second-order valence-corrected chi connectivity index (χ2v) is 7.80. The third-order valence-corrected chi connectivity index (χ3v) is 4.96. The summed E-state index contributed by atoms with van der Waals surface area (Å²) < 4.78 is 11.0. The molecule has 4 N–H and O–H groups in total. The predicted octanol–water partition coefficient (Wildman–Crippen LogP) is 3.29. The van der Waals surface area contributed by atoms with Crippen LogP contribution in [0.2, 0.25) is 0 Å². The van der Waals surface area contributed by atoms with Crippen LogP contribution in [-0.4, -0.2) is 46.5 Å². The van der Waals surface area contributed by atoms with Crippen LogP contribution in [0.3, 0.4) is 0 Å². The van der Waals surface area contributed by atoms with E-state index < -0.39 is 18.0 Å². The fraction of sp³-hybridized carbons (Fsp3) is 0.280. The summed E-state index contributed by atoms with van der Waals surface area (Å²) in [6.45, 7) is 5.71. The largest absolute Gasteiger partial charge is 0.491 e. The highest BCUT2D eigenvalue weighted by molar-refractivity contribution is 6.27. The quantitative estimate of drug-likeness (QED) is 0.362. The van der Waals surface area contributed by atoms with Crippen molar-refractivity contribution in [2.45, 2.75) is 31.9 Å². The van der Waals surface area contributed by atoms with Crippen molar-refractivity contribution >= 4 is 11.9 Å². The maximum atomic E-state index is 10.1. The third-order valence-electron chi connectivity index (χ3n) is 4.96. The number of nitrogens with one attached hydrogen (secondary N) is 1. The maximum Gasteiger partial charge on any atom is 0.414 e. The van der Waals surface area contributed by atoms with Crippen molar-refractivity contribution in [1.29, 1.82) is 0 Å². The van der Waals surface area contributed by atoms with Crippen LogP contribution in [0.4, 0.5) is 0 Å². The highest BCUT2D eigenvalue weighted by Crippen LogP contribution is 2.32. The Hall–Kier alpha value is -3.62. The van der Waals surface area contributed by atoms with Gasteiger partial charge in [-0.3, -0.25) is 0 Å². The lowest BCUT2D eigenvalue weighted by Gasteiger charge is -2.26. The van der Waals surface area contributed by atoms with Gasteiger partial charge in [0.05, 0.1) is 12.8 Å². The summed E-state index contributed by atoms with van der Waals surface area (Å²) in [6.07, 6.45) is 1.06. The predicted molar refractivity (Wildman–Crippen MR) is 122 cm³/mol. The van der Waals surface area contributed by atoms with Gasteiger partial charge in [0.25, 0.3) is 0 Å². The number of carbonyl (C=O) groups is 2. The monoisotopic (exact) mass is 455 g/mol. The Balaban J connectivity index is 0.000000569. The van der Waals surface area contributed by atoms with E-state index in [0.717, 1.165) is 11.5 Å². The highest BCUT2D eigenvalue weighted by atomic mass is 16.5. The van der Waals surface area contributed by atoms with Crippen molar-refractivity contribution in [2.24, 2.45) is 0 Å². The molecule has 8 nitrogen and oxygen atoms in total. The molecule has 0 radical (unpaired) electrons. The second kappa shape index (κ2) is 12.4. The topological polar surface area (TPSA) is 129 Å². The van der Waals surface area contributed by atoms with Crippen molar-refractivity contribution in [2.75, 3.05) is 13.2 Å². The van der Waals surface area contributed by atoms with Gasteiger partial charge in [-0.1, -0.05) is 56.3 Å². The molecule has 0 bridgehead atoms. The molecule has 0 aliphatic rings. The van der Waals surface area contributed by atoms with E-state index in [-0.39, 0.29) is 12.0 Å². The van der Waals surface area contributed by atoms with Crippen molar-refractivity contribution in [1.82, 2.24) is 5.32 Å². The number of aliphatic hydroxyl groups excluding tert-OH is 1. The number of aliphatic hydroxyl groups is 1. The number of rotatable bonds is 9. The fourth-order valence-electron chi connectivity index (χ4n) is 3.02. The lowest BCUT2D eigenvalue weighted by atomic mass is 9.78. The van der Waals surface area contributed by atoms with Crippen LogP contribution in [0, 0.1) is 0 Å². The Labute approximate surface area is 192 Å². The van der Waals surface area contributed by atoms with Gasteiger partial charge in [0.1, 0.15) is 24.2 Å². The lowest BCUT2D eigenvalue weighted by Crippen LogP contribution is -2.31. The number of hydrogen-bond donors (Lipinski definition) is 4. The molecule has 1 heterocycles. The molecule has 1 aromatic heterocycles. The molecule has 3 rings (SSSR count). The van der Waals surface area contributed by atoms with E-state index in [1.165, 1.54) is 11.1 Å². The van der Waals surface area contributed by atoms with Crippen molar-refractivity contribution < 1.29 is 34.1 Å². The Bertz CT molecular complexity index is 971. The van der Waals surface area contributed by atoms with E-state index in [1.54, 1.807) is 6.26 Å². The molecular formula is C25H29NO7. The molecule has 33 heavy (non-hydrogen) atoms. The van der Waals surface area contributed by atoms with Gasteiger partial charge in [-0.15, -0.1) is 0 Å². The summed E-state index contributed by atoms with van der Waals surface area (Å²) in [4.78, 5) is 18.2. The van der Waals surface area contributed by atoms with Gasteiger partial charge >= 0.3 is 11.9 Å². The van der Waals surface area contributed by atoms with Gasteiger partial charge in [-0.05, 0) is 35.4 Å². The van der Waals surface area contributed by atoms with Crippen LogP contribution < -0.4 is 10.1 Å². The summed E-state index contributed by atoms with van der Waals surface area (Å²) in [5, 5.41) is 28.0. The van der Waals surface area contributed by atoms with Crippen LogP contribution in [0.15, 0.2) is 77.4 Å². The minimum atomic E-state index is -1.82. The van der Waals surface area contributed by atoms with Crippen LogP contribution in [0.5, 0.6) is 5.75 Å². The summed E-state index contributed by atoms with van der Waals surface area (Å²) in [5.74, 6) is -2.04. The average Bonchev–Trinajstić information content (AvgIpc) is 3.32. The van der Waals surface area contributed by atoms with Crippen LogP contribution in [0.25, 0.3) is 0 Å². The molecule has 0 saturated carbocycles. The van der Waals surface area contributed by atoms with Crippen molar-refractivity contribution in [3.05, 3.63) is 89.9 Å². The molecule has 0 aliphatic heterocycles. The molecule has 0 fully saturated rings. The molecule has 0 saturated heterocycles. The number of benzene rings is 2. The standard InChI is InChI=1S/C23H27NO3.C2H2O4/c1-23(2,18-7-4-3-5-8-18)19-10-12-21(13-11-19)27-17-20(25)15-24-16-22-9-6-14-26-22;3-1(4)2(5)6/h3-14,20,24-25H,15-17H2,1-2H3;(H,3,4)(H,5,6). The van der Waals surface area contributed by atoms with Crippen molar-refractivity contribution in [3.8, 4) is 5.75 Å². The Morgan fingerprint density at radius 1 is 0.939 bits per heavy atom. The first kappa shape index (κ1) is 25.6. The summed E-state index contributed by atoms with van der Waals surface area (Å²) in [7, 11) is 0. The normalized spacial score (nSPS) is 11.7. The number of aliphatic carboxylic acids is 2. The Morgan fingerprint density at radius 3 is 2.09 bits per heavy atom. The molecule has 1 atom stereocenters. The molecule has 0 aliphatic carbocycles. The molecule has 8 heteroatoms.